The van der Waals surface area contributed by atoms with E-state index in [-0.39, 0.29) is 24.9 Å². The number of methoxy groups -OCH3 is 2. The molecule has 7 nitrogen and oxygen atoms in total. The minimum atomic E-state index is -0.191. The number of nitrogens with one attached hydrogen (secondary N) is 2. The third-order valence-electron chi connectivity index (χ3n) is 3.82. The van der Waals surface area contributed by atoms with Crippen molar-refractivity contribution in [2.45, 2.75) is 6.54 Å². The summed E-state index contributed by atoms with van der Waals surface area (Å²) in [6.45, 7) is 0.639. The van der Waals surface area contributed by atoms with Gasteiger partial charge >= 0.3 is 0 Å². The molecule has 0 radical (unpaired) electrons. The van der Waals surface area contributed by atoms with Gasteiger partial charge in [0.2, 0.25) is 11.8 Å². The highest BCUT2D eigenvalue weighted by Crippen LogP contribution is 2.15. The lowest BCUT2D eigenvalue weighted by Crippen LogP contribution is -2.38. The van der Waals surface area contributed by atoms with Crippen LogP contribution >= 0.6 is 0 Å². The second-order valence-electron chi connectivity index (χ2n) is 6.08. The van der Waals surface area contributed by atoms with Crippen molar-refractivity contribution in [3.63, 3.8) is 0 Å². The quantitative estimate of drug-likeness (QED) is 0.704. The zero-order valence-corrected chi connectivity index (χ0v) is 15.8. The van der Waals surface area contributed by atoms with Crippen LogP contribution < -0.4 is 20.1 Å². The van der Waals surface area contributed by atoms with Gasteiger partial charge in [-0.05, 0) is 49.0 Å². The average Bonchev–Trinajstić information content (AvgIpc) is 2.67. The van der Waals surface area contributed by atoms with Crippen molar-refractivity contribution in [2.75, 3.05) is 39.7 Å². The van der Waals surface area contributed by atoms with Gasteiger partial charge in [0.1, 0.15) is 11.5 Å². The van der Waals surface area contributed by atoms with Gasteiger partial charge in [-0.3, -0.25) is 14.5 Å². The third-order valence-corrected chi connectivity index (χ3v) is 3.82. The van der Waals surface area contributed by atoms with Gasteiger partial charge in [0.05, 0.1) is 27.3 Å². The fourth-order valence-corrected chi connectivity index (χ4v) is 2.46. The van der Waals surface area contributed by atoms with Crippen LogP contribution in [0.4, 0.5) is 5.69 Å². The van der Waals surface area contributed by atoms with Crippen LogP contribution in [0.25, 0.3) is 0 Å². The van der Waals surface area contributed by atoms with Crippen molar-refractivity contribution in [1.29, 1.82) is 0 Å². The predicted octanol–water partition coefficient (Wildman–Crippen LogP) is 1.89. The molecule has 2 amide bonds. The normalized spacial score (nSPS) is 10.4. The molecule has 0 heterocycles. The number of hydrogen-bond donors (Lipinski definition) is 2. The van der Waals surface area contributed by atoms with Crippen molar-refractivity contribution in [1.82, 2.24) is 10.2 Å². The Morgan fingerprint density at radius 3 is 2.26 bits per heavy atom. The van der Waals surface area contributed by atoms with Crippen molar-refractivity contribution in [3.8, 4) is 11.5 Å². The van der Waals surface area contributed by atoms with Crippen LogP contribution in [0.15, 0.2) is 48.5 Å². The minimum Gasteiger partial charge on any atom is -0.497 e. The molecule has 2 rings (SSSR count). The van der Waals surface area contributed by atoms with E-state index in [1.807, 2.05) is 24.3 Å². The summed E-state index contributed by atoms with van der Waals surface area (Å²) in [4.78, 5) is 25.8. The van der Waals surface area contributed by atoms with Crippen LogP contribution in [0.1, 0.15) is 5.56 Å². The van der Waals surface area contributed by atoms with E-state index in [2.05, 4.69) is 10.6 Å². The lowest BCUT2D eigenvalue weighted by atomic mass is 10.2. The van der Waals surface area contributed by atoms with E-state index in [1.165, 1.54) is 0 Å². The largest absolute Gasteiger partial charge is 0.497 e. The molecule has 7 heteroatoms. The van der Waals surface area contributed by atoms with Crippen molar-refractivity contribution < 1.29 is 19.1 Å². The summed E-state index contributed by atoms with van der Waals surface area (Å²) in [5.74, 6) is 1.12. The van der Waals surface area contributed by atoms with Crippen LogP contribution in [0.3, 0.4) is 0 Å². The monoisotopic (exact) mass is 371 g/mol. The minimum absolute atomic E-state index is 0.110. The third kappa shape index (κ3) is 6.99. The Kier molecular flexibility index (Phi) is 7.63. The molecule has 0 bridgehead atoms. The number of rotatable bonds is 9. The molecule has 27 heavy (non-hydrogen) atoms. The molecular weight excluding hydrogens is 346 g/mol. The standard InChI is InChI=1S/C20H25N3O4/c1-23(14-20(25)22-16-7-9-17(26-2)10-8-16)13-19(24)21-12-15-5-4-6-18(11-15)27-3/h4-11H,12-14H2,1-3H3,(H,21,24)(H,22,25). The first kappa shape index (κ1) is 20.3. The number of likely N-dealkylation sites (N-methyl/N-ethyl adjacent to an activating group) is 1. The summed E-state index contributed by atoms with van der Waals surface area (Å²) >= 11 is 0. The summed E-state index contributed by atoms with van der Waals surface area (Å²) in [6, 6.07) is 14.6. The molecule has 144 valence electrons. The lowest BCUT2D eigenvalue weighted by Gasteiger charge is -2.16. The molecule has 2 aromatic rings. The Morgan fingerprint density at radius 2 is 1.59 bits per heavy atom. The number of anilines is 1. The zero-order chi connectivity index (χ0) is 19.6. The fourth-order valence-electron chi connectivity index (χ4n) is 2.46. The molecule has 2 aromatic carbocycles. The topological polar surface area (TPSA) is 79.9 Å². The highest BCUT2D eigenvalue weighted by atomic mass is 16.5. The molecule has 0 unspecified atom stereocenters. The zero-order valence-electron chi connectivity index (χ0n) is 15.8. The van der Waals surface area contributed by atoms with Crippen LogP contribution in [-0.4, -0.2) is 51.1 Å². The first-order valence-electron chi connectivity index (χ1n) is 8.52. The maximum absolute atomic E-state index is 12.1. The van der Waals surface area contributed by atoms with Crippen LogP contribution in [0, 0.1) is 0 Å². The van der Waals surface area contributed by atoms with Gasteiger partial charge in [0.15, 0.2) is 0 Å². The second kappa shape index (κ2) is 10.2. The van der Waals surface area contributed by atoms with Gasteiger partial charge in [-0.15, -0.1) is 0 Å². The van der Waals surface area contributed by atoms with E-state index in [1.54, 1.807) is 50.4 Å². The number of carbonyl (C=O) groups is 2. The van der Waals surface area contributed by atoms with Crippen molar-refractivity contribution in [3.05, 3.63) is 54.1 Å². The Labute approximate surface area is 159 Å². The highest BCUT2D eigenvalue weighted by Gasteiger charge is 2.11. The van der Waals surface area contributed by atoms with E-state index >= 15 is 0 Å². The number of benzene rings is 2. The smallest absolute Gasteiger partial charge is 0.238 e. The van der Waals surface area contributed by atoms with Crippen LogP contribution in [-0.2, 0) is 16.1 Å². The number of hydrogen-bond acceptors (Lipinski definition) is 5. The van der Waals surface area contributed by atoms with E-state index in [9.17, 15) is 9.59 Å². The molecule has 0 atom stereocenters. The van der Waals surface area contributed by atoms with Gasteiger partial charge < -0.3 is 20.1 Å². The Balaban J connectivity index is 1.73. The predicted molar refractivity (Wildman–Crippen MR) is 104 cm³/mol. The Morgan fingerprint density at radius 1 is 0.926 bits per heavy atom. The van der Waals surface area contributed by atoms with Crippen molar-refractivity contribution in [2.24, 2.45) is 0 Å². The summed E-state index contributed by atoms with van der Waals surface area (Å²) in [5, 5.41) is 5.62. The Hall–Kier alpha value is -3.06. The molecular formula is C20H25N3O4. The molecule has 0 aliphatic heterocycles. The summed E-state index contributed by atoms with van der Waals surface area (Å²) in [7, 11) is 4.91. The van der Waals surface area contributed by atoms with Gasteiger partial charge in [-0.25, -0.2) is 0 Å². The van der Waals surface area contributed by atoms with Crippen LogP contribution in [0.2, 0.25) is 0 Å². The first-order valence-corrected chi connectivity index (χ1v) is 8.52. The number of amides is 2. The van der Waals surface area contributed by atoms with E-state index in [0.717, 1.165) is 17.1 Å². The summed E-state index contributed by atoms with van der Waals surface area (Å²) in [6.07, 6.45) is 0. The number of ether oxygens (including phenoxy) is 2. The number of nitrogens with zero attached hydrogens (tertiary/aromatic N) is 1. The second-order valence-corrected chi connectivity index (χ2v) is 6.08. The summed E-state index contributed by atoms with van der Waals surface area (Å²) < 4.78 is 10.2. The molecule has 0 spiro atoms. The van der Waals surface area contributed by atoms with Gasteiger partial charge in [-0.2, -0.15) is 0 Å². The van der Waals surface area contributed by atoms with Gasteiger partial charge in [0, 0.05) is 12.2 Å². The number of carbonyl (C=O) groups excluding carboxylic acids is 2. The summed E-state index contributed by atoms with van der Waals surface area (Å²) in [5.41, 5.74) is 1.62. The maximum atomic E-state index is 12.1. The SMILES string of the molecule is COc1ccc(NC(=O)CN(C)CC(=O)NCc2cccc(OC)c2)cc1. The van der Waals surface area contributed by atoms with Gasteiger partial charge in [-0.1, -0.05) is 12.1 Å². The molecule has 2 N–H and O–H groups in total. The molecule has 0 fully saturated rings. The van der Waals surface area contributed by atoms with Crippen molar-refractivity contribution >= 4 is 17.5 Å². The van der Waals surface area contributed by atoms with E-state index in [4.69, 9.17) is 9.47 Å². The highest BCUT2D eigenvalue weighted by molar-refractivity contribution is 5.92. The average molecular weight is 371 g/mol. The molecule has 0 aliphatic carbocycles. The molecule has 0 saturated heterocycles. The lowest BCUT2D eigenvalue weighted by molar-refractivity contribution is -0.123. The Bertz CT molecular complexity index is 762. The maximum Gasteiger partial charge on any atom is 0.238 e. The first-order chi connectivity index (χ1) is 13.0. The fraction of sp³-hybridized carbons (Fsp3) is 0.300. The molecule has 0 aliphatic rings. The van der Waals surface area contributed by atoms with Crippen LogP contribution in [0.5, 0.6) is 11.5 Å². The molecule has 0 saturated carbocycles. The molecule has 0 aromatic heterocycles. The van der Waals surface area contributed by atoms with E-state index in [0.29, 0.717) is 12.2 Å². The van der Waals surface area contributed by atoms with Gasteiger partial charge in [0.25, 0.3) is 0 Å². The van der Waals surface area contributed by atoms with E-state index < -0.39 is 0 Å².